The zero-order valence-corrected chi connectivity index (χ0v) is 9.73. The molecule has 3 nitrogen and oxygen atoms in total. The first kappa shape index (κ1) is 14.3. The van der Waals surface area contributed by atoms with E-state index in [1.165, 1.54) is 0 Å². The Morgan fingerprint density at radius 2 is 1.88 bits per heavy atom. The van der Waals surface area contributed by atoms with Gasteiger partial charge in [0.2, 0.25) is 0 Å². The molecule has 0 atom stereocenters. The third kappa shape index (κ3) is 4.68. The van der Waals surface area contributed by atoms with Crippen LogP contribution in [0.1, 0.15) is 22.8 Å². The smallest absolute Gasteiger partial charge is 0.150 e. The number of carbonyl (C=O) groups is 1. The third-order valence-corrected chi connectivity index (χ3v) is 1.91. The van der Waals surface area contributed by atoms with Crippen molar-refractivity contribution in [2.75, 3.05) is 7.05 Å². The second kappa shape index (κ2) is 8.59. The van der Waals surface area contributed by atoms with Gasteiger partial charge in [0.25, 0.3) is 0 Å². The van der Waals surface area contributed by atoms with Crippen LogP contribution < -0.4 is 11.3 Å². The summed E-state index contributed by atoms with van der Waals surface area (Å²) in [4.78, 5) is 10.4. The lowest BCUT2D eigenvalue weighted by Gasteiger charge is -2.00. The summed E-state index contributed by atoms with van der Waals surface area (Å²) in [6.45, 7) is 5.68. The quantitative estimate of drug-likeness (QED) is 0.354. The molecule has 0 bridgehead atoms. The Kier molecular flexibility index (Phi) is 7.67. The van der Waals surface area contributed by atoms with Crippen LogP contribution in [0.15, 0.2) is 43.0 Å². The number of allylic oxidation sites excluding steroid dienone is 3. The van der Waals surface area contributed by atoms with Gasteiger partial charge in [0.15, 0.2) is 0 Å². The molecule has 0 fully saturated rings. The van der Waals surface area contributed by atoms with Gasteiger partial charge in [-0.15, -0.1) is 0 Å². The zero-order valence-electron chi connectivity index (χ0n) is 9.73. The van der Waals surface area contributed by atoms with Crippen LogP contribution in [0.3, 0.4) is 0 Å². The van der Waals surface area contributed by atoms with E-state index in [4.69, 9.17) is 0 Å². The number of aldehydes is 1. The molecule has 0 spiro atoms. The van der Waals surface area contributed by atoms with Crippen LogP contribution in [0, 0.1) is 0 Å². The molecule has 3 heteroatoms. The van der Waals surface area contributed by atoms with Gasteiger partial charge < -0.3 is 0 Å². The van der Waals surface area contributed by atoms with Gasteiger partial charge in [0.1, 0.15) is 6.29 Å². The van der Waals surface area contributed by atoms with Gasteiger partial charge in [0, 0.05) is 5.56 Å². The summed E-state index contributed by atoms with van der Waals surface area (Å²) in [5.41, 5.74) is 5.11. The van der Waals surface area contributed by atoms with Crippen LogP contribution >= 0.6 is 0 Å². The number of nitrogens with one attached hydrogen (secondary N) is 1. The standard InChI is InChI=1S/C12H12O.CH6N2/c1-3-11(4-2)12-7-5-10(9-13)6-8-12;1-3-2/h3-9H,1H2,2H3;3H,2H2,1H3/b11-4+;. The molecule has 0 aliphatic heterocycles. The lowest BCUT2D eigenvalue weighted by molar-refractivity contribution is 0.112. The van der Waals surface area contributed by atoms with Crippen molar-refractivity contribution in [3.05, 3.63) is 54.1 Å². The summed E-state index contributed by atoms with van der Waals surface area (Å²) < 4.78 is 0. The molecular formula is C13H18N2O. The van der Waals surface area contributed by atoms with Gasteiger partial charge in [-0.3, -0.25) is 16.1 Å². The number of carbonyl (C=O) groups excluding carboxylic acids is 1. The van der Waals surface area contributed by atoms with Crippen LogP contribution in [0.2, 0.25) is 0 Å². The fourth-order valence-electron chi connectivity index (χ4n) is 1.16. The Bertz CT molecular complexity index is 353. The first-order chi connectivity index (χ1) is 7.73. The molecule has 0 aromatic heterocycles. The number of hydrogen-bond acceptors (Lipinski definition) is 3. The second-order valence-electron chi connectivity index (χ2n) is 2.98. The summed E-state index contributed by atoms with van der Waals surface area (Å²) in [5, 5.41) is 0. The SMILES string of the molecule is C=C/C(=C\C)c1ccc(C=O)cc1.CNN. The predicted octanol–water partition coefficient (Wildman–Crippen LogP) is 2.17. The monoisotopic (exact) mass is 218 g/mol. The second-order valence-corrected chi connectivity index (χ2v) is 2.98. The molecule has 0 saturated heterocycles. The van der Waals surface area contributed by atoms with Crippen molar-refractivity contribution in [1.82, 2.24) is 5.43 Å². The van der Waals surface area contributed by atoms with Crippen molar-refractivity contribution in [2.24, 2.45) is 5.84 Å². The normalized spacial score (nSPS) is 10.1. The highest BCUT2D eigenvalue weighted by Crippen LogP contribution is 2.15. The molecule has 0 unspecified atom stereocenters. The van der Waals surface area contributed by atoms with E-state index in [1.807, 2.05) is 25.1 Å². The van der Waals surface area contributed by atoms with E-state index in [2.05, 4.69) is 17.8 Å². The molecule has 0 radical (unpaired) electrons. The molecule has 16 heavy (non-hydrogen) atoms. The highest BCUT2D eigenvalue weighted by molar-refractivity contribution is 5.78. The number of benzene rings is 1. The molecule has 1 aromatic rings. The van der Waals surface area contributed by atoms with Crippen LogP contribution in [0.25, 0.3) is 5.57 Å². The van der Waals surface area contributed by atoms with Gasteiger partial charge in [0.05, 0.1) is 0 Å². The molecule has 0 heterocycles. The van der Waals surface area contributed by atoms with E-state index in [1.54, 1.807) is 25.3 Å². The molecular weight excluding hydrogens is 200 g/mol. The van der Waals surface area contributed by atoms with E-state index in [0.717, 1.165) is 17.4 Å². The van der Waals surface area contributed by atoms with Crippen molar-refractivity contribution in [3.63, 3.8) is 0 Å². The maximum Gasteiger partial charge on any atom is 0.150 e. The van der Waals surface area contributed by atoms with Crippen molar-refractivity contribution in [2.45, 2.75) is 6.92 Å². The average Bonchev–Trinajstić information content (AvgIpc) is 2.32. The number of nitrogens with two attached hydrogens (primary N) is 1. The van der Waals surface area contributed by atoms with Crippen molar-refractivity contribution >= 4 is 11.9 Å². The summed E-state index contributed by atoms with van der Waals surface area (Å²) in [6, 6.07) is 7.44. The molecule has 3 N–H and O–H groups in total. The minimum Gasteiger partial charge on any atom is -0.298 e. The van der Waals surface area contributed by atoms with Gasteiger partial charge >= 0.3 is 0 Å². The van der Waals surface area contributed by atoms with Crippen molar-refractivity contribution < 1.29 is 4.79 Å². The number of rotatable bonds is 3. The molecule has 1 aromatic carbocycles. The Morgan fingerprint density at radius 3 is 2.19 bits per heavy atom. The highest BCUT2D eigenvalue weighted by atomic mass is 16.1. The molecule has 0 aliphatic rings. The first-order valence-electron chi connectivity index (χ1n) is 4.95. The third-order valence-electron chi connectivity index (χ3n) is 1.91. The maximum atomic E-state index is 10.4. The summed E-state index contributed by atoms with van der Waals surface area (Å²) in [5.74, 6) is 4.60. The van der Waals surface area contributed by atoms with Crippen LogP contribution in [-0.4, -0.2) is 13.3 Å². The number of hydrogen-bond donors (Lipinski definition) is 2. The van der Waals surface area contributed by atoms with Crippen molar-refractivity contribution in [3.8, 4) is 0 Å². The van der Waals surface area contributed by atoms with Crippen LogP contribution in [0.5, 0.6) is 0 Å². The molecule has 0 amide bonds. The van der Waals surface area contributed by atoms with Gasteiger partial charge in [-0.25, -0.2) is 0 Å². The van der Waals surface area contributed by atoms with Crippen molar-refractivity contribution in [1.29, 1.82) is 0 Å². The van der Waals surface area contributed by atoms with Gasteiger partial charge in [-0.1, -0.05) is 43.0 Å². The van der Waals surface area contributed by atoms with E-state index in [9.17, 15) is 4.79 Å². The minimum atomic E-state index is 0.697. The Balaban J connectivity index is 0.000000673. The maximum absolute atomic E-state index is 10.4. The molecule has 0 saturated carbocycles. The fraction of sp³-hybridized carbons (Fsp3) is 0.154. The Labute approximate surface area is 96.6 Å². The lowest BCUT2D eigenvalue weighted by atomic mass is 10.0. The predicted molar refractivity (Wildman–Crippen MR) is 68.9 cm³/mol. The van der Waals surface area contributed by atoms with E-state index in [0.29, 0.717) is 5.56 Å². The fourth-order valence-corrected chi connectivity index (χ4v) is 1.16. The first-order valence-corrected chi connectivity index (χ1v) is 4.95. The van der Waals surface area contributed by atoms with Crippen LogP contribution in [-0.2, 0) is 0 Å². The lowest BCUT2D eigenvalue weighted by Crippen LogP contribution is -2.13. The largest absolute Gasteiger partial charge is 0.298 e. The summed E-state index contributed by atoms with van der Waals surface area (Å²) >= 11 is 0. The van der Waals surface area contributed by atoms with Crippen LogP contribution in [0.4, 0.5) is 0 Å². The Hall–Kier alpha value is -1.71. The summed E-state index contributed by atoms with van der Waals surface area (Å²) in [7, 11) is 1.65. The number of hydrazine groups is 1. The van der Waals surface area contributed by atoms with E-state index < -0.39 is 0 Å². The van der Waals surface area contributed by atoms with E-state index in [-0.39, 0.29) is 0 Å². The van der Waals surface area contributed by atoms with Gasteiger partial charge in [-0.05, 0) is 25.1 Å². The zero-order chi connectivity index (χ0) is 12.4. The average molecular weight is 218 g/mol. The Morgan fingerprint density at radius 1 is 1.38 bits per heavy atom. The minimum absolute atomic E-state index is 0.697. The molecule has 86 valence electrons. The topological polar surface area (TPSA) is 55.1 Å². The highest BCUT2D eigenvalue weighted by Gasteiger charge is 1.95. The molecule has 1 rings (SSSR count). The summed E-state index contributed by atoms with van der Waals surface area (Å²) in [6.07, 6.45) is 4.63. The van der Waals surface area contributed by atoms with Gasteiger partial charge in [-0.2, -0.15) is 0 Å². The van der Waals surface area contributed by atoms with E-state index >= 15 is 0 Å². The molecule has 0 aliphatic carbocycles.